The monoisotopic (exact) mass is 333 g/mol. The normalized spacial score (nSPS) is 14.1. The van der Waals surface area contributed by atoms with Gasteiger partial charge in [-0.1, -0.05) is 6.07 Å². The molecule has 6 nitrogen and oxygen atoms in total. The van der Waals surface area contributed by atoms with Gasteiger partial charge in [-0.2, -0.15) is 0 Å². The minimum Gasteiger partial charge on any atom is -0.387 e. The van der Waals surface area contributed by atoms with E-state index in [4.69, 9.17) is 0 Å². The molecule has 25 heavy (non-hydrogen) atoms. The summed E-state index contributed by atoms with van der Waals surface area (Å²) < 4.78 is 0. The maximum absolute atomic E-state index is 10.4. The number of anilines is 1. The van der Waals surface area contributed by atoms with Gasteiger partial charge in [-0.3, -0.25) is 9.97 Å². The van der Waals surface area contributed by atoms with Crippen LogP contribution in [0.2, 0.25) is 0 Å². The van der Waals surface area contributed by atoms with Gasteiger partial charge in [0.2, 0.25) is 0 Å². The molecule has 3 heterocycles. The Kier molecular flexibility index (Phi) is 4.35. The lowest BCUT2D eigenvalue weighted by Gasteiger charge is -2.15. The lowest BCUT2D eigenvalue weighted by atomic mass is 10.1. The zero-order valence-electron chi connectivity index (χ0n) is 13.8. The number of aliphatic hydroxyl groups is 1. The lowest BCUT2D eigenvalue weighted by Crippen LogP contribution is -2.15. The van der Waals surface area contributed by atoms with Gasteiger partial charge in [-0.25, -0.2) is 9.97 Å². The van der Waals surface area contributed by atoms with Crippen LogP contribution in [-0.2, 0) is 12.8 Å². The highest BCUT2D eigenvalue weighted by Crippen LogP contribution is 2.29. The molecule has 126 valence electrons. The number of hydrogen-bond acceptors (Lipinski definition) is 6. The molecule has 1 aliphatic rings. The Bertz CT molecular complexity index is 854. The number of nitrogens with zero attached hydrogens (tertiary/aromatic N) is 4. The van der Waals surface area contributed by atoms with Crippen molar-refractivity contribution in [2.45, 2.75) is 25.4 Å². The van der Waals surface area contributed by atoms with Crippen LogP contribution < -0.4 is 5.32 Å². The SMILES string of the molecule is OC(CNc1nc(-c2ccccn2)nc2c1CCC2)c1ccncc1. The Morgan fingerprint density at radius 3 is 2.72 bits per heavy atom. The summed E-state index contributed by atoms with van der Waals surface area (Å²) in [6, 6.07) is 9.35. The quantitative estimate of drug-likeness (QED) is 0.746. The third-order valence-electron chi connectivity index (χ3n) is 4.38. The van der Waals surface area contributed by atoms with E-state index in [1.165, 1.54) is 0 Å². The highest BCUT2D eigenvalue weighted by molar-refractivity contribution is 5.57. The zero-order chi connectivity index (χ0) is 17.1. The average molecular weight is 333 g/mol. The molecule has 1 atom stereocenters. The van der Waals surface area contributed by atoms with Crippen molar-refractivity contribution in [1.29, 1.82) is 0 Å². The Balaban J connectivity index is 1.60. The van der Waals surface area contributed by atoms with Gasteiger partial charge >= 0.3 is 0 Å². The van der Waals surface area contributed by atoms with Crippen LogP contribution in [0.1, 0.15) is 29.3 Å². The van der Waals surface area contributed by atoms with Gasteiger partial charge < -0.3 is 10.4 Å². The molecule has 0 aromatic carbocycles. The standard InChI is InChI=1S/C19H19N5O/c25-17(13-7-10-20-11-8-13)12-22-18-14-4-3-6-15(14)23-19(24-18)16-5-1-2-9-21-16/h1-2,5,7-11,17,25H,3-4,6,12H2,(H,22,23,24). The first-order valence-electron chi connectivity index (χ1n) is 8.44. The maximum atomic E-state index is 10.4. The van der Waals surface area contributed by atoms with Gasteiger partial charge in [0.25, 0.3) is 0 Å². The van der Waals surface area contributed by atoms with Gasteiger partial charge in [0.1, 0.15) is 11.5 Å². The molecule has 0 amide bonds. The molecule has 3 aromatic rings. The van der Waals surface area contributed by atoms with E-state index in [2.05, 4.69) is 25.3 Å². The summed E-state index contributed by atoms with van der Waals surface area (Å²) in [6.45, 7) is 0.384. The Labute approximate surface area is 146 Å². The van der Waals surface area contributed by atoms with Gasteiger partial charge in [0.05, 0.1) is 6.10 Å². The molecule has 1 aliphatic carbocycles. The van der Waals surface area contributed by atoms with Crippen LogP contribution in [0.3, 0.4) is 0 Å². The molecule has 4 rings (SSSR count). The first-order chi connectivity index (χ1) is 12.3. The lowest BCUT2D eigenvalue weighted by molar-refractivity contribution is 0.191. The number of fused-ring (bicyclic) bond motifs is 1. The average Bonchev–Trinajstić information content (AvgIpc) is 3.16. The van der Waals surface area contributed by atoms with Crippen LogP contribution in [0.4, 0.5) is 5.82 Å². The van der Waals surface area contributed by atoms with Crippen LogP contribution >= 0.6 is 0 Å². The molecule has 6 heteroatoms. The molecule has 0 saturated carbocycles. The van der Waals surface area contributed by atoms with E-state index < -0.39 is 6.10 Å². The van der Waals surface area contributed by atoms with E-state index in [9.17, 15) is 5.11 Å². The molecule has 0 bridgehead atoms. The van der Waals surface area contributed by atoms with Crippen molar-refractivity contribution in [1.82, 2.24) is 19.9 Å². The van der Waals surface area contributed by atoms with Crippen LogP contribution in [0.5, 0.6) is 0 Å². The highest BCUT2D eigenvalue weighted by Gasteiger charge is 2.20. The first kappa shape index (κ1) is 15.7. The molecule has 1 unspecified atom stereocenters. The second kappa shape index (κ2) is 6.94. The topological polar surface area (TPSA) is 83.8 Å². The van der Waals surface area contributed by atoms with Crippen molar-refractivity contribution in [2.24, 2.45) is 0 Å². The number of aromatic nitrogens is 4. The molecule has 0 fully saturated rings. The van der Waals surface area contributed by atoms with Crippen molar-refractivity contribution < 1.29 is 5.11 Å². The van der Waals surface area contributed by atoms with Gasteiger partial charge in [0.15, 0.2) is 5.82 Å². The number of aliphatic hydroxyl groups excluding tert-OH is 1. The second-order valence-corrected chi connectivity index (χ2v) is 6.07. The van der Waals surface area contributed by atoms with E-state index in [0.29, 0.717) is 12.4 Å². The minimum atomic E-state index is -0.617. The van der Waals surface area contributed by atoms with Crippen molar-refractivity contribution in [3.05, 3.63) is 65.7 Å². The number of pyridine rings is 2. The van der Waals surface area contributed by atoms with Gasteiger partial charge in [-0.15, -0.1) is 0 Å². The molecule has 3 aromatic heterocycles. The van der Waals surface area contributed by atoms with Crippen molar-refractivity contribution >= 4 is 5.82 Å². The Morgan fingerprint density at radius 1 is 1.04 bits per heavy atom. The summed E-state index contributed by atoms with van der Waals surface area (Å²) in [5.74, 6) is 1.43. The first-order valence-corrected chi connectivity index (χ1v) is 8.44. The predicted octanol–water partition coefficient (Wildman–Crippen LogP) is 2.57. The summed E-state index contributed by atoms with van der Waals surface area (Å²) in [4.78, 5) is 17.7. The van der Waals surface area contributed by atoms with E-state index in [1.807, 2.05) is 30.3 Å². The summed E-state index contributed by atoms with van der Waals surface area (Å²) in [5.41, 5.74) is 3.83. The third-order valence-corrected chi connectivity index (χ3v) is 4.38. The van der Waals surface area contributed by atoms with Gasteiger partial charge in [0, 0.05) is 36.4 Å². The zero-order valence-corrected chi connectivity index (χ0v) is 13.8. The van der Waals surface area contributed by atoms with Crippen molar-refractivity contribution in [2.75, 3.05) is 11.9 Å². The third kappa shape index (κ3) is 3.34. The smallest absolute Gasteiger partial charge is 0.180 e. The Hall–Kier alpha value is -2.86. The van der Waals surface area contributed by atoms with Crippen LogP contribution in [-0.4, -0.2) is 31.6 Å². The molecule has 0 aliphatic heterocycles. The van der Waals surface area contributed by atoms with E-state index in [1.54, 1.807) is 18.6 Å². The van der Waals surface area contributed by atoms with Crippen molar-refractivity contribution in [3.8, 4) is 11.5 Å². The van der Waals surface area contributed by atoms with Crippen LogP contribution in [0, 0.1) is 0 Å². The van der Waals surface area contributed by atoms with Crippen LogP contribution in [0.25, 0.3) is 11.5 Å². The molecule has 2 N–H and O–H groups in total. The summed E-state index contributed by atoms with van der Waals surface area (Å²) in [5, 5.41) is 13.7. The largest absolute Gasteiger partial charge is 0.387 e. The summed E-state index contributed by atoms with van der Waals surface area (Å²) in [6.07, 6.45) is 7.49. The van der Waals surface area contributed by atoms with Gasteiger partial charge in [-0.05, 0) is 49.1 Å². The van der Waals surface area contributed by atoms with Crippen LogP contribution in [0.15, 0.2) is 48.9 Å². The Morgan fingerprint density at radius 2 is 1.92 bits per heavy atom. The fraction of sp³-hybridized carbons (Fsp3) is 0.263. The number of rotatable bonds is 5. The fourth-order valence-corrected chi connectivity index (χ4v) is 3.09. The highest BCUT2D eigenvalue weighted by atomic mass is 16.3. The molecule has 0 spiro atoms. The second-order valence-electron chi connectivity index (χ2n) is 6.07. The molecule has 0 radical (unpaired) electrons. The number of hydrogen-bond donors (Lipinski definition) is 2. The van der Waals surface area contributed by atoms with E-state index in [0.717, 1.165) is 47.6 Å². The molecular formula is C19H19N5O. The number of aryl methyl sites for hydroxylation is 1. The van der Waals surface area contributed by atoms with Crippen molar-refractivity contribution in [3.63, 3.8) is 0 Å². The van der Waals surface area contributed by atoms with E-state index >= 15 is 0 Å². The fourth-order valence-electron chi connectivity index (χ4n) is 3.09. The minimum absolute atomic E-state index is 0.384. The molecule has 0 saturated heterocycles. The summed E-state index contributed by atoms with van der Waals surface area (Å²) >= 11 is 0. The maximum Gasteiger partial charge on any atom is 0.180 e. The molecular weight excluding hydrogens is 314 g/mol. The number of nitrogens with one attached hydrogen (secondary N) is 1. The summed E-state index contributed by atoms with van der Waals surface area (Å²) in [7, 11) is 0. The van der Waals surface area contributed by atoms with E-state index in [-0.39, 0.29) is 0 Å². The predicted molar refractivity (Wildman–Crippen MR) is 95.0 cm³/mol.